The predicted octanol–water partition coefficient (Wildman–Crippen LogP) is 0.374. The van der Waals surface area contributed by atoms with Crippen LogP contribution in [0.3, 0.4) is 0 Å². The van der Waals surface area contributed by atoms with Gasteiger partial charge in [0.1, 0.15) is 0 Å². The predicted molar refractivity (Wildman–Crippen MR) is 66.5 cm³/mol. The molecule has 2 rings (SSSR count). The van der Waals surface area contributed by atoms with Gasteiger partial charge in [-0.1, -0.05) is 6.07 Å². The first kappa shape index (κ1) is 13.5. The molecule has 1 atom stereocenters. The van der Waals surface area contributed by atoms with Crippen LogP contribution in [0.5, 0.6) is 0 Å². The summed E-state index contributed by atoms with van der Waals surface area (Å²) in [6.45, 7) is 0.379. The molecule has 19 heavy (non-hydrogen) atoms. The zero-order valence-corrected chi connectivity index (χ0v) is 10.5. The maximum absolute atomic E-state index is 11.8. The van der Waals surface area contributed by atoms with Crippen LogP contribution in [0.25, 0.3) is 0 Å². The summed E-state index contributed by atoms with van der Waals surface area (Å²) in [7, 11) is 0. The van der Waals surface area contributed by atoms with Crippen LogP contribution in [0.1, 0.15) is 18.5 Å². The van der Waals surface area contributed by atoms with Gasteiger partial charge >= 0.3 is 5.97 Å². The zero-order valence-electron chi connectivity index (χ0n) is 10.5. The van der Waals surface area contributed by atoms with E-state index in [4.69, 9.17) is 4.74 Å². The third kappa shape index (κ3) is 3.29. The summed E-state index contributed by atoms with van der Waals surface area (Å²) in [5.74, 6) is -1.34. The van der Waals surface area contributed by atoms with Crippen molar-refractivity contribution in [2.75, 3.05) is 13.2 Å². The van der Waals surface area contributed by atoms with E-state index in [1.54, 1.807) is 12.3 Å². The van der Waals surface area contributed by atoms with E-state index in [-0.39, 0.29) is 18.9 Å². The smallest absolute Gasteiger partial charge is 0.331 e. The molecule has 6 nitrogen and oxygen atoms in total. The molecular formula is C13H16N2O4. The summed E-state index contributed by atoms with van der Waals surface area (Å²) >= 11 is 0. The molecule has 2 heterocycles. The van der Waals surface area contributed by atoms with Crippen LogP contribution in [0.4, 0.5) is 0 Å². The van der Waals surface area contributed by atoms with Gasteiger partial charge in [-0.25, -0.2) is 4.79 Å². The number of amides is 1. The van der Waals surface area contributed by atoms with Crippen LogP contribution in [0.2, 0.25) is 0 Å². The third-order valence-corrected chi connectivity index (χ3v) is 3.14. The fraction of sp³-hybridized carbons (Fsp3) is 0.462. The van der Waals surface area contributed by atoms with E-state index in [2.05, 4.69) is 10.3 Å². The fourth-order valence-corrected chi connectivity index (χ4v) is 2.00. The quantitative estimate of drug-likeness (QED) is 0.802. The Hall–Kier alpha value is -1.95. The highest BCUT2D eigenvalue weighted by molar-refractivity contribution is 5.87. The van der Waals surface area contributed by atoms with Crippen molar-refractivity contribution in [3.63, 3.8) is 0 Å². The van der Waals surface area contributed by atoms with Crippen LogP contribution in [0, 0.1) is 0 Å². The highest BCUT2D eigenvalue weighted by Crippen LogP contribution is 2.19. The van der Waals surface area contributed by atoms with Crippen molar-refractivity contribution in [2.45, 2.75) is 24.8 Å². The average molecular weight is 264 g/mol. The number of aromatic nitrogens is 1. The molecule has 2 N–H and O–H groups in total. The lowest BCUT2D eigenvalue weighted by Gasteiger charge is -2.23. The Bertz CT molecular complexity index is 455. The van der Waals surface area contributed by atoms with Crippen molar-refractivity contribution in [3.05, 3.63) is 30.1 Å². The van der Waals surface area contributed by atoms with Crippen LogP contribution < -0.4 is 5.32 Å². The number of carbonyl (C=O) groups is 2. The topological polar surface area (TPSA) is 88.5 Å². The molecule has 0 saturated carbocycles. The summed E-state index contributed by atoms with van der Waals surface area (Å²) < 4.78 is 5.08. The van der Waals surface area contributed by atoms with Crippen molar-refractivity contribution in [1.29, 1.82) is 0 Å². The average Bonchev–Trinajstić information content (AvgIpc) is 2.87. The van der Waals surface area contributed by atoms with Crippen molar-refractivity contribution < 1.29 is 19.4 Å². The highest BCUT2D eigenvalue weighted by atomic mass is 16.5. The van der Waals surface area contributed by atoms with Gasteiger partial charge in [-0.15, -0.1) is 0 Å². The molecule has 1 aliphatic rings. The van der Waals surface area contributed by atoms with E-state index in [0.717, 1.165) is 5.69 Å². The van der Waals surface area contributed by atoms with Crippen LogP contribution in [0.15, 0.2) is 24.4 Å². The first-order valence-corrected chi connectivity index (χ1v) is 6.14. The molecule has 1 unspecified atom stereocenters. The number of aryl methyl sites for hydroxylation is 1. The number of pyridine rings is 1. The second kappa shape index (κ2) is 5.79. The van der Waals surface area contributed by atoms with Gasteiger partial charge in [-0.3, -0.25) is 9.78 Å². The number of hydrogen-bond donors (Lipinski definition) is 2. The highest BCUT2D eigenvalue weighted by Gasteiger charge is 2.43. The summed E-state index contributed by atoms with van der Waals surface area (Å²) in [5.41, 5.74) is -0.453. The summed E-state index contributed by atoms with van der Waals surface area (Å²) in [5, 5.41) is 11.8. The van der Waals surface area contributed by atoms with E-state index in [1.165, 1.54) is 0 Å². The number of carboxylic acids is 1. The maximum Gasteiger partial charge on any atom is 0.331 e. The van der Waals surface area contributed by atoms with Gasteiger partial charge in [0, 0.05) is 31.3 Å². The summed E-state index contributed by atoms with van der Waals surface area (Å²) in [6, 6.07) is 5.49. The zero-order chi connectivity index (χ0) is 13.7. The molecule has 1 aromatic rings. The second-order valence-electron chi connectivity index (χ2n) is 4.56. The molecule has 0 aromatic carbocycles. The Morgan fingerprint density at radius 3 is 2.89 bits per heavy atom. The molecule has 1 aliphatic heterocycles. The van der Waals surface area contributed by atoms with Crippen molar-refractivity contribution in [1.82, 2.24) is 10.3 Å². The van der Waals surface area contributed by atoms with E-state index in [1.807, 2.05) is 12.1 Å². The van der Waals surface area contributed by atoms with E-state index < -0.39 is 11.5 Å². The summed E-state index contributed by atoms with van der Waals surface area (Å²) in [6.07, 6.45) is 2.67. The number of carboxylic acid groups (broad SMARTS) is 1. The lowest BCUT2D eigenvalue weighted by atomic mass is 9.98. The van der Waals surface area contributed by atoms with Crippen LogP contribution in [-0.4, -0.2) is 40.7 Å². The van der Waals surface area contributed by atoms with Crippen molar-refractivity contribution in [3.8, 4) is 0 Å². The standard InChI is InChI=1S/C13H16N2O4/c16-11(5-4-10-3-1-2-7-14-10)15-13(12(17)18)6-8-19-9-13/h1-3,7H,4-6,8-9H2,(H,15,16)(H,17,18). The lowest BCUT2D eigenvalue weighted by molar-refractivity contribution is -0.147. The summed E-state index contributed by atoms with van der Waals surface area (Å²) in [4.78, 5) is 27.2. The Kier molecular flexibility index (Phi) is 4.11. The molecule has 1 aromatic heterocycles. The fourth-order valence-electron chi connectivity index (χ4n) is 2.00. The minimum atomic E-state index is -1.26. The first-order chi connectivity index (χ1) is 9.12. The van der Waals surface area contributed by atoms with Gasteiger partial charge in [-0.05, 0) is 18.6 Å². The number of nitrogens with one attached hydrogen (secondary N) is 1. The van der Waals surface area contributed by atoms with E-state index in [9.17, 15) is 14.7 Å². The number of aliphatic carboxylic acids is 1. The normalized spacial score (nSPS) is 22.1. The monoisotopic (exact) mass is 264 g/mol. The van der Waals surface area contributed by atoms with E-state index in [0.29, 0.717) is 19.4 Å². The molecule has 1 fully saturated rings. The van der Waals surface area contributed by atoms with E-state index >= 15 is 0 Å². The van der Waals surface area contributed by atoms with Gasteiger partial charge in [-0.2, -0.15) is 0 Å². The molecular weight excluding hydrogens is 248 g/mol. The van der Waals surface area contributed by atoms with Crippen molar-refractivity contribution >= 4 is 11.9 Å². The third-order valence-electron chi connectivity index (χ3n) is 3.14. The number of nitrogens with zero attached hydrogens (tertiary/aromatic N) is 1. The Balaban J connectivity index is 1.88. The molecule has 0 bridgehead atoms. The van der Waals surface area contributed by atoms with Gasteiger partial charge in [0.05, 0.1) is 6.61 Å². The van der Waals surface area contributed by atoms with Gasteiger partial charge in [0.25, 0.3) is 0 Å². The van der Waals surface area contributed by atoms with Gasteiger partial charge in [0.15, 0.2) is 5.54 Å². The minimum Gasteiger partial charge on any atom is -0.479 e. The molecule has 1 amide bonds. The largest absolute Gasteiger partial charge is 0.479 e. The SMILES string of the molecule is O=C(CCc1ccccn1)NC1(C(=O)O)CCOC1. The first-order valence-electron chi connectivity index (χ1n) is 6.14. The Morgan fingerprint density at radius 2 is 2.32 bits per heavy atom. The molecule has 102 valence electrons. The second-order valence-corrected chi connectivity index (χ2v) is 4.56. The van der Waals surface area contributed by atoms with Gasteiger partial charge in [0.2, 0.25) is 5.91 Å². The molecule has 1 saturated heterocycles. The molecule has 6 heteroatoms. The Morgan fingerprint density at radius 1 is 1.47 bits per heavy atom. The number of rotatable bonds is 5. The minimum absolute atomic E-state index is 0.0255. The Labute approximate surface area is 110 Å². The molecule has 0 spiro atoms. The number of ether oxygens (including phenoxy) is 1. The van der Waals surface area contributed by atoms with Crippen LogP contribution >= 0.6 is 0 Å². The maximum atomic E-state index is 11.8. The lowest BCUT2D eigenvalue weighted by Crippen LogP contribution is -2.55. The molecule has 0 radical (unpaired) electrons. The number of hydrogen-bond acceptors (Lipinski definition) is 4. The van der Waals surface area contributed by atoms with Crippen LogP contribution in [-0.2, 0) is 20.7 Å². The number of carbonyl (C=O) groups excluding carboxylic acids is 1. The van der Waals surface area contributed by atoms with Gasteiger partial charge < -0.3 is 15.2 Å². The molecule has 0 aliphatic carbocycles. The van der Waals surface area contributed by atoms with Crippen molar-refractivity contribution in [2.24, 2.45) is 0 Å².